The lowest BCUT2D eigenvalue weighted by atomic mass is 10.1. The second kappa shape index (κ2) is 6.62. The van der Waals surface area contributed by atoms with E-state index in [1.807, 2.05) is 42.3 Å². The van der Waals surface area contributed by atoms with Crippen molar-refractivity contribution in [1.82, 2.24) is 10.2 Å². The standard InChI is InChI=1S/C13H18N2O.ClH/c1-15(12-8-5-9-14-10-12)13(16)11-6-3-2-4-7-11;/h2-4,6-7,12,14H,5,8-10H2,1H3;1H. The maximum atomic E-state index is 12.1. The van der Waals surface area contributed by atoms with E-state index < -0.39 is 0 Å². The summed E-state index contributed by atoms with van der Waals surface area (Å²) in [6, 6.07) is 9.81. The van der Waals surface area contributed by atoms with Crippen LogP contribution in [0.15, 0.2) is 30.3 Å². The van der Waals surface area contributed by atoms with Crippen LogP contribution in [0.5, 0.6) is 0 Å². The van der Waals surface area contributed by atoms with Crippen molar-refractivity contribution >= 4 is 18.3 Å². The van der Waals surface area contributed by atoms with Crippen molar-refractivity contribution in [3.05, 3.63) is 35.9 Å². The lowest BCUT2D eigenvalue weighted by Crippen LogP contribution is -2.46. The third-order valence-corrected chi connectivity index (χ3v) is 3.16. The van der Waals surface area contributed by atoms with E-state index >= 15 is 0 Å². The molecule has 4 heteroatoms. The van der Waals surface area contributed by atoms with Crippen LogP contribution in [-0.4, -0.2) is 37.0 Å². The van der Waals surface area contributed by atoms with E-state index in [9.17, 15) is 4.79 Å². The number of hydrogen-bond acceptors (Lipinski definition) is 2. The molecule has 1 amide bonds. The molecular formula is C13H19ClN2O. The van der Waals surface area contributed by atoms with E-state index in [0.717, 1.165) is 31.5 Å². The summed E-state index contributed by atoms with van der Waals surface area (Å²) in [5.41, 5.74) is 0.774. The lowest BCUT2D eigenvalue weighted by molar-refractivity contribution is 0.0708. The van der Waals surface area contributed by atoms with Crippen molar-refractivity contribution in [3.63, 3.8) is 0 Å². The molecule has 1 aliphatic rings. The molecular weight excluding hydrogens is 236 g/mol. The maximum Gasteiger partial charge on any atom is 0.253 e. The Morgan fingerprint density at radius 1 is 1.35 bits per heavy atom. The molecule has 1 aromatic rings. The highest BCUT2D eigenvalue weighted by Crippen LogP contribution is 2.12. The summed E-state index contributed by atoms with van der Waals surface area (Å²) in [5, 5.41) is 3.33. The summed E-state index contributed by atoms with van der Waals surface area (Å²) in [4.78, 5) is 14.0. The van der Waals surface area contributed by atoms with Gasteiger partial charge in [0.1, 0.15) is 0 Å². The maximum absolute atomic E-state index is 12.1. The number of likely N-dealkylation sites (N-methyl/N-ethyl adjacent to an activating group) is 1. The zero-order valence-corrected chi connectivity index (χ0v) is 10.9. The van der Waals surface area contributed by atoms with Crippen molar-refractivity contribution < 1.29 is 4.79 Å². The highest BCUT2D eigenvalue weighted by atomic mass is 35.5. The number of carbonyl (C=O) groups excluding carboxylic acids is 1. The molecule has 17 heavy (non-hydrogen) atoms. The number of benzene rings is 1. The number of carbonyl (C=O) groups is 1. The predicted molar refractivity (Wildman–Crippen MR) is 71.7 cm³/mol. The molecule has 0 aliphatic carbocycles. The van der Waals surface area contributed by atoms with E-state index in [-0.39, 0.29) is 18.3 Å². The van der Waals surface area contributed by atoms with Gasteiger partial charge in [0.2, 0.25) is 0 Å². The third kappa shape index (κ3) is 3.45. The largest absolute Gasteiger partial charge is 0.337 e. The van der Waals surface area contributed by atoms with E-state index in [4.69, 9.17) is 0 Å². The lowest BCUT2D eigenvalue weighted by Gasteiger charge is -2.31. The van der Waals surface area contributed by atoms with Crippen LogP contribution in [0.1, 0.15) is 23.2 Å². The van der Waals surface area contributed by atoms with Crippen molar-refractivity contribution in [3.8, 4) is 0 Å². The molecule has 1 aromatic carbocycles. The summed E-state index contributed by atoms with van der Waals surface area (Å²) in [6.45, 7) is 1.99. The fraction of sp³-hybridized carbons (Fsp3) is 0.462. The zero-order valence-electron chi connectivity index (χ0n) is 10.1. The number of halogens is 1. The first kappa shape index (κ1) is 14.0. The molecule has 0 bridgehead atoms. The molecule has 2 rings (SSSR count). The molecule has 0 radical (unpaired) electrons. The average molecular weight is 255 g/mol. The SMILES string of the molecule is CN(C(=O)c1ccccc1)C1CCCNC1.Cl. The predicted octanol–water partition coefficient (Wildman–Crippen LogP) is 1.93. The van der Waals surface area contributed by atoms with E-state index in [1.165, 1.54) is 0 Å². The van der Waals surface area contributed by atoms with Gasteiger partial charge in [0.05, 0.1) is 0 Å². The average Bonchev–Trinajstić information content (AvgIpc) is 2.39. The normalized spacial score (nSPS) is 19.2. The van der Waals surface area contributed by atoms with Gasteiger partial charge in [-0.2, -0.15) is 0 Å². The van der Waals surface area contributed by atoms with Crippen molar-refractivity contribution in [2.45, 2.75) is 18.9 Å². The Kier molecular flexibility index (Phi) is 5.45. The van der Waals surface area contributed by atoms with Gasteiger partial charge in [-0.3, -0.25) is 4.79 Å². The molecule has 0 saturated carbocycles. The summed E-state index contributed by atoms with van der Waals surface area (Å²) < 4.78 is 0. The first-order valence-electron chi connectivity index (χ1n) is 5.82. The van der Waals surface area contributed by atoms with Crippen LogP contribution in [0, 0.1) is 0 Å². The van der Waals surface area contributed by atoms with Gasteiger partial charge in [0.15, 0.2) is 0 Å². The van der Waals surface area contributed by atoms with Crippen molar-refractivity contribution in [2.75, 3.05) is 20.1 Å². The first-order chi connectivity index (χ1) is 7.79. The molecule has 1 aliphatic heterocycles. The number of rotatable bonds is 2. The number of nitrogens with zero attached hydrogens (tertiary/aromatic N) is 1. The highest BCUT2D eigenvalue weighted by Gasteiger charge is 2.22. The summed E-state index contributed by atoms with van der Waals surface area (Å²) in [6.07, 6.45) is 2.25. The Balaban J connectivity index is 0.00000144. The fourth-order valence-corrected chi connectivity index (χ4v) is 2.11. The summed E-state index contributed by atoms with van der Waals surface area (Å²) in [5.74, 6) is 0.120. The van der Waals surface area contributed by atoms with Crippen LogP contribution in [0.25, 0.3) is 0 Å². The molecule has 0 aromatic heterocycles. The zero-order chi connectivity index (χ0) is 11.4. The minimum Gasteiger partial charge on any atom is -0.337 e. The van der Waals surface area contributed by atoms with Gasteiger partial charge in [-0.15, -0.1) is 12.4 Å². The van der Waals surface area contributed by atoms with E-state index in [1.54, 1.807) is 0 Å². The molecule has 1 atom stereocenters. The van der Waals surface area contributed by atoms with Crippen molar-refractivity contribution in [2.24, 2.45) is 0 Å². The minimum atomic E-state index is 0. The molecule has 1 fully saturated rings. The molecule has 3 nitrogen and oxygen atoms in total. The summed E-state index contributed by atoms with van der Waals surface area (Å²) >= 11 is 0. The van der Waals surface area contributed by atoms with Crippen LogP contribution < -0.4 is 5.32 Å². The highest BCUT2D eigenvalue weighted by molar-refractivity contribution is 5.94. The Morgan fingerprint density at radius 2 is 2.06 bits per heavy atom. The quantitative estimate of drug-likeness (QED) is 0.875. The van der Waals surface area contributed by atoms with Gasteiger partial charge in [-0.05, 0) is 31.5 Å². The van der Waals surface area contributed by atoms with Crippen LogP contribution >= 0.6 is 12.4 Å². The van der Waals surface area contributed by atoms with Crippen LogP contribution in [0.4, 0.5) is 0 Å². The molecule has 1 heterocycles. The number of amides is 1. The monoisotopic (exact) mass is 254 g/mol. The second-order valence-corrected chi connectivity index (χ2v) is 4.28. The van der Waals surface area contributed by atoms with Crippen LogP contribution in [-0.2, 0) is 0 Å². The van der Waals surface area contributed by atoms with Crippen molar-refractivity contribution in [1.29, 1.82) is 0 Å². The Labute approximate surface area is 109 Å². The van der Waals surface area contributed by atoms with Gasteiger partial charge in [0, 0.05) is 25.2 Å². The molecule has 1 N–H and O–H groups in total. The smallest absolute Gasteiger partial charge is 0.253 e. The molecule has 94 valence electrons. The Hall–Kier alpha value is -1.06. The Morgan fingerprint density at radius 3 is 2.65 bits per heavy atom. The van der Waals surface area contributed by atoms with E-state index in [2.05, 4.69) is 5.32 Å². The number of piperidine rings is 1. The number of nitrogens with one attached hydrogen (secondary N) is 1. The van der Waals surface area contributed by atoms with Crippen LogP contribution in [0.2, 0.25) is 0 Å². The van der Waals surface area contributed by atoms with Crippen LogP contribution in [0.3, 0.4) is 0 Å². The molecule has 0 spiro atoms. The topological polar surface area (TPSA) is 32.3 Å². The molecule has 1 unspecified atom stereocenters. The fourth-order valence-electron chi connectivity index (χ4n) is 2.11. The molecule has 1 saturated heterocycles. The van der Waals surface area contributed by atoms with Gasteiger partial charge < -0.3 is 10.2 Å². The summed E-state index contributed by atoms with van der Waals surface area (Å²) in [7, 11) is 1.90. The first-order valence-corrected chi connectivity index (χ1v) is 5.82. The minimum absolute atomic E-state index is 0. The van der Waals surface area contributed by atoms with Gasteiger partial charge in [-0.1, -0.05) is 18.2 Å². The van der Waals surface area contributed by atoms with E-state index in [0.29, 0.717) is 6.04 Å². The van der Waals surface area contributed by atoms with Gasteiger partial charge >= 0.3 is 0 Å². The van der Waals surface area contributed by atoms with Gasteiger partial charge in [-0.25, -0.2) is 0 Å². The number of hydrogen-bond donors (Lipinski definition) is 1. The second-order valence-electron chi connectivity index (χ2n) is 4.28. The Bertz CT molecular complexity index is 350. The third-order valence-electron chi connectivity index (χ3n) is 3.16. The van der Waals surface area contributed by atoms with Gasteiger partial charge in [0.25, 0.3) is 5.91 Å².